The van der Waals surface area contributed by atoms with Crippen LogP contribution in [0.25, 0.3) is 0 Å². The summed E-state index contributed by atoms with van der Waals surface area (Å²) in [7, 11) is -5.75. The Morgan fingerprint density at radius 1 is 1.56 bits per heavy atom. The van der Waals surface area contributed by atoms with Crippen LogP contribution in [0.5, 0.6) is 0 Å². The van der Waals surface area contributed by atoms with Gasteiger partial charge in [-0.15, -0.1) is 0 Å². The molecule has 0 fully saturated rings. The van der Waals surface area contributed by atoms with Crippen LogP contribution in [-0.2, 0) is 19.0 Å². The Bertz CT molecular complexity index is 459. The monoisotopic (exact) mass is 257 g/mol. The SMILES string of the molecule is CC1OCC(C#N)=C1OS(=O)(=O)C(F)(F)F. The van der Waals surface area contributed by atoms with Crippen molar-refractivity contribution >= 4 is 10.1 Å². The average molecular weight is 257 g/mol. The van der Waals surface area contributed by atoms with Gasteiger partial charge in [0.2, 0.25) is 0 Å². The molecule has 9 heteroatoms. The summed E-state index contributed by atoms with van der Waals surface area (Å²) in [6, 6.07) is 1.52. The third-order valence-corrected chi connectivity index (χ3v) is 2.73. The molecule has 90 valence electrons. The van der Waals surface area contributed by atoms with Gasteiger partial charge < -0.3 is 8.92 Å². The van der Waals surface area contributed by atoms with Gasteiger partial charge in [0.1, 0.15) is 12.2 Å². The fraction of sp³-hybridized carbons (Fsp3) is 0.571. The van der Waals surface area contributed by atoms with E-state index in [1.165, 1.54) is 13.0 Å². The highest BCUT2D eigenvalue weighted by molar-refractivity contribution is 7.87. The van der Waals surface area contributed by atoms with Crippen LogP contribution in [0.2, 0.25) is 0 Å². The maximum absolute atomic E-state index is 12.0. The highest BCUT2D eigenvalue weighted by atomic mass is 32.2. The predicted molar refractivity (Wildman–Crippen MR) is 44.1 cm³/mol. The molecule has 0 saturated carbocycles. The van der Waals surface area contributed by atoms with Crippen molar-refractivity contribution in [2.45, 2.75) is 18.5 Å². The molecule has 16 heavy (non-hydrogen) atoms. The van der Waals surface area contributed by atoms with Crippen LogP contribution in [0.3, 0.4) is 0 Å². The lowest BCUT2D eigenvalue weighted by Crippen LogP contribution is -2.27. The molecule has 1 unspecified atom stereocenters. The third-order valence-electron chi connectivity index (χ3n) is 1.76. The zero-order valence-corrected chi connectivity index (χ0v) is 8.72. The van der Waals surface area contributed by atoms with Crippen LogP contribution in [0, 0.1) is 11.3 Å². The Labute approximate surface area is 89.2 Å². The first-order valence-corrected chi connectivity index (χ1v) is 5.35. The molecule has 0 bridgehead atoms. The van der Waals surface area contributed by atoms with Crippen molar-refractivity contribution in [3.8, 4) is 6.07 Å². The van der Waals surface area contributed by atoms with Gasteiger partial charge in [0.15, 0.2) is 5.76 Å². The topological polar surface area (TPSA) is 76.4 Å². The van der Waals surface area contributed by atoms with E-state index >= 15 is 0 Å². The highest BCUT2D eigenvalue weighted by Crippen LogP contribution is 2.31. The minimum atomic E-state index is -5.75. The molecule has 1 heterocycles. The first-order valence-electron chi connectivity index (χ1n) is 3.94. The number of halogens is 3. The van der Waals surface area contributed by atoms with Gasteiger partial charge in [-0.25, -0.2) is 0 Å². The van der Waals surface area contributed by atoms with E-state index < -0.39 is 27.5 Å². The van der Waals surface area contributed by atoms with Gasteiger partial charge in [-0.3, -0.25) is 0 Å². The third kappa shape index (κ3) is 2.28. The normalized spacial score (nSPS) is 22.1. The van der Waals surface area contributed by atoms with Crippen LogP contribution in [0.4, 0.5) is 13.2 Å². The van der Waals surface area contributed by atoms with Crippen molar-refractivity contribution in [3.05, 3.63) is 11.3 Å². The molecular formula is C7H6F3NO4S. The van der Waals surface area contributed by atoms with Crippen LogP contribution >= 0.6 is 0 Å². The maximum atomic E-state index is 12.0. The Hall–Kier alpha value is -1.27. The molecule has 0 aromatic rings. The van der Waals surface area contributed by atoms with Gasteiger partial charge in [0.25, 0.3) is 0 Å². The number of nitrogens with zero attached hydrogens (tertiary/aromatic N) is 1. The molecule has 1 atom stereocenters. The lowest BCUT2D eigenvalue weighted by molar-refractivity contribution is -0.0530. The van der Waals surface area contributed by atoms with Gasteiger partial charge in [0.05, 0.1) is 12.2 Å². The van der Waals surface area contributed by atoms with E-state index in [9.17, 15) is 21.6 Å². The number of rotatable bonds is 2. The molecule has 1 aliphatic heterocycles. The van der Waals surface area contributed by atoms with Gasteiger partial charge in [-0.1, -0.05) is 0 Å². The summed E-state index contributed by atoms with van der Waals surface area (Å²) in [5, 5.41) is 8.51. The first-order chi connectivity index (χ1) is 7.19. The molecule has 5 nitrogen and oxygen atoms in total. The van der Waals surface area contributed by atoms with E-state index in [-0.39, 0.29) is 12.2 Å². The number of hydrogen-bond donors (Lipinski definition) is 0. The lowest BCUT2D eigenvalue weighted by Gasteiger charge is -2.12. The van der Waals surface area contributed by atoms with Crippen molar-refractivity contribution in [2.75, 3.05) is 6.61 Å². The fourth-order valence-electron chi connectivity index (χ4n) is 0.971. The number of hydrogen-bond acceptors (Lipinski definition) is 5. The Balaban J connectivity index is 3.04. The summed E-state index contributed by atoms with van der Waals surface area (Å²) in [4.78, 5) is 0. The molecule has 0 aliphatic carbocycles. The number of ether oxygens (including phenoxy) is 1. The second-order valence-electron chi connectivity index (χ2n) is 2.89. The van der Waals surface area contributed by atoms with E-state index in [2.05, 4.69) is 4.18 Å². The Morgan fingerprint density at radius 2 is 2.12 bits per heavy atom. The average Bonchev–Trinajstić information content (AvgIpc) is 2.45. The minimum absolute atomic E-state index is 0.264. The van der Waals surface area contributed by atoms with E-state index in [1.54, 1.807) is 0 Å². The molecule has 0 amide bonds. The lowest BCUT2D eigenvalue weighted by atomic mass is 10.2. The van der Waals surface area contributed by atoms with Gasteiger partial charge in [0, 0.05) is 0 Å². The van der Waals surface area contributed by atoms with Gasteiger partial charge in [-0.2, -0.15) is 26.9 Å². The van der Waals surface area contributed by atoms with Crippen LogP contribution < -0.4 is 0 Å². The zero-order chi connectivity index (χ0) is 12.6. The van der Waals surface area contributed by atoms with Crippen LogP contribution in [-0.4, -0.2) is 26.6 Å². The Morgan fingerprint density at radius 3 is 2.56 bits per heavy atom. The summed E-state index contributed by atoms with van der Waals surface area (Å²) in [5.41, 5.74) is -5.79. The number of nitriles is 1. The van der Waals surface area contributed by atoms with Crippen molar-refractivity contribution in [2.24, 2.45) is 0 Å². The summed E-state index contributed by atoms with van der Waals surface area (Å²) >= 11 is 0. The van der Waals surface area contributed by atoms with Gasteiger partial charge >= 0.3 is 15.6 Å². The maximum Gasteiger partial charge on any atom is 0.534 e. The summed E-state index contributed by atoms with van der Waals surface area (Å²) in [5.74, 6) is -0.611. The molecule has 0 aromatic heterocycles. The minimum Gasteiger partial charge on any atom is -0.377 e. The first kappa shape index (κ1) is 12.8. The second kappa shape index (κ2) is 3.95. The summed E-state index contributed by atoms with van der Waals surface area (Å²) < 4.78 is 65.9. The predicted octanol–water partition coefficient (Wildman–Crippen LogP) is 1.05. The van der Waals surface area contributed by atoms with E-state index in [0.29, 0.717) is 0 Å². The molecule has 1 aliphatic rings. The fourth-order valence-corrected chi connectivity index (χ4v) is 1.54. The van der Waals surface area contributed by atoms with E-state index in [0.717, 1.165) is 0 Å². The van der Waals surface area contributed by atoms with Crippen molar-refractivity contribution < 1.29 is 30.5 Å². The molecule has 0 N–H and O–H groups in total. The summed E-state index contributed by atoms with van der Waals surface area (Å²) in [6.07, 6.45) is -0.994. The Kier molecular flexibility index (Phi) is 3.16. The quantitative estimate of drug-likeness (QED) is 0.546. The zero-order valence-electron chi connectivity index (χ0n) is 7.91. The molecule has 0 spiro atoms. The van der Waals surface area contributed by atoms with Crippen molar-refractivity contribution in [1.82, 2.24) is 0 Å². The van der Waals surface area contributed by atoms with E-state index in [4.69, 9.17) is 10.00 Å². The second-order valence-corrected chi connectivity index (χ2v) is 4.43. The van der Waals surface area contributed by atoms with Crippen LogP contribution in [0.1, 0.15) is 6.92 Å². The largest absolute Gasteiger partial charge is 0.534 e. The summed E-state index contributed by atoms with van der Waals surface area (Å²) in [6.45, 7) is 1.02. The molecule has 0 radical (unpaired) electrons. The van der Waals surface area contributed by atoms with Crippen molar-refractivity contribution in [1.29, 1.82) is 5.26 Å². The van der Waals surface area contributed by atoms with E-state index in [1.807, 2.05) is 0 Å². The van der Waals surface area contributed by atoms with Gasteiger partial charge in [-0.05, 0) is 6.92 Å². The molecule has 1 rings (SSSR count). The smallest absolute Gasteiger partial charge is 0.377 e. The standard InChI is InChI=1S/C7H6F3NO4S/c1-4-6(5(2-11)3-14-4)15-16(12,13)7(8,9)10/h4H,3H2,1H3. The van der Waals surface area contributed by atoms with Crippen LogP contribution in [0.15, 0.2) is 11.3 Å². The highest BCUT2D eigenvalue weighted by Gasteiger charge is 2.50. The number of alkyl halides is 3. The molecule has 0 aromatic carbocycles. The van der Waals surface area contributed by atoms with Crippen molar-refractivity contribution in [3.63, 3.8) is 0 Å². The molecule has 0 saturated heterocycles. The molecular weight excluding hydrogens is 251 g/mol.